The first-order valence-corrected chi connectivity index (χ1v) is 10.3. The predicted octanol–water partition coefficient (Wildman–Crippen LogP) is 3.39. The Kier molecular flexibility index (Phi) is 3.89. The number of hydrogen-bond acceptors (Lipinski definition) is 6. The van der Waals surface area contributed by atoms with Crippen molar-refractivity contribution in [3.63, 3.8) is 0 Å². The van der Waals surface area contributed by atoms with Gasteiger partial charge < -0.3 is 14.2 Å². The minimum atomic E-state index is -0.168. The van der Waals surface area contributed by atoms with Crippen LogP contribution < -0.4 is 4.74 Å². The normalized spacial score (nSPS) is 21.4. The van der Waals surface area contributed by atoms with Crippen molar-refractivity contribution in [1.29, 1.82) is 0 Å². The number of pyridine rings is 1. The molecular formula is C22H24N4O3. The zero-order valence-corrected chi connectivity index (χ0v) is 16.5. The molecule has 0 N–H and O–H groups in total. The van der Waals surface area contributed by atoms with Crippen LogP contribution in [0.25, 0.3) is 10.9 Å². The molecule has 7 heteroatoms. The SMILES string of the molecule is C[C@H](Oc1ccc2ncc3c(c2c1)CCOC3)c1cn(C2CC3(COC3)C2)nn1. The van der Waals surface area contributed by atoms with Crippen LogP contribution in [0.5, 0.6) is 5.75 Å². The third-order valence-electron chi connectivity index (χ3n) is 6.58. The summed E-state index contributed by atoms with van der Waals surface area (Å²) in [5.74, 6) is 0.829. The van der Waals surface area contributed by atoms with E-state index in [4.69, 9.17) is 14.2 Å². The molecule has 1 atom stereocenters. The number of ether oxygens (including phenoxy) is 3. The third-order valence-corrected chi connectivity index (χ3v) is 6.58. The maximum atomic E-state index is 6.22. The molecule has 0 bridgehead atoms. The Morgan fingerprint density at radius 1 is 1.24 bits per heavy atom. The van der Waals surface area contributed by atoms with Gasteiger partial charge in [-0.1, -0.05) is 5.21 Å². The molecule has 3 aromatic rings. The van der Waals surface area contributed by atoms with Crippen LogP contribution in [0.15, 0.2) is 30.6 Å². The average molecular weight is 392 g/mol. The Bertz CT molecular complexity index is 1070. The van der Waals surface area contributed by atoms with Crippen molar-refractivity contribution in [3.8, 4) is 5.75 Å². The van der Waals surface area contributed by atoms with Crippen LogP contribution >= 0.6 is 0 Å². The van der Waals surface area contributed by atoms with Gasteiger partial charge >= 0.3 is 0 Å². The van der Waals surface area contributed by atoms with Gasteiger partial charge in [0.1, 0.15) is 17.5 Å². The first-order valence-electron chi connectivity index (χ1n) is 10.3. The van der Waals surface area contributed by atoms with E-state index in [1.807, 2.05) is 36.1 Å². The minimum absolute atomic E-state index is 0.168. The molecule has 0 amide bonds. The molecular weight excluding hydrogens is 368 g/mol. The fraction of sp³-hybridized carbons (Fsp3) is 0.500. The Morgan fingerprint density at radius 3 is 2.97 bits per heavy atom. The van der Waals surface area contributed by atoms with E-state index in [2.05, 4.69) is 21.4 Å². The van der Waals surface area contributed by atoms with Crippen LogP contribution in [0.1, 0.15) is 48.7 Å². The second-order valence-corrected chi connectivity index (χ2v) is 8.68. The van der Waals surface area contributed by atoms with Gasteiger partial charge in [0.15, 0.2) is 0 Å². The largest absolute Gasteiger partial charge is 0.484 e. The molecule has 1 saturated carbocycles. The van der Waals surface area contributed by atoms with Gasteiger partial charge in [-0.25, -0.2) is 4.68 Å². The van der Waals surface area contributed by atoms with Gasteiger partial charge in [-0.15, -0.1) is 5.10 Å². The lowest BCUT2D eigenvalue weighted by atomic mass is 9.64. The van der Waals surface area contributed by atoms with Crippen molar-refractivity contribution in [2.24, 2.45) is 5.41 Å². The molecule has 0 radical (unpaired) electrons. The van der Waals surface area contributed by atoms with Crippen molar-refractivity contribution in [3.05, 3.63) is 47.4 Å². The summed E-state index contributed by atoms with van der Waals surface area (Å²) < 4.78 is 19.1. The van der Waals surface area contributed by atoms with E-state index in [0.29, 0.717) is 18.1 Å². The molecule has 2 aromatic heterocycles. The summed E-state index contributed by atoms with van der Waals surface area (Å²) in [6.07, 6.45) is 6.98. The molecule has 29 heavy (non-hydrogen) atoms. The van der Waals surface area contributed by atoms with E-state index in [0.717, 1.165) is 61.4 Å². The molecule has 1 aromatic carbocycles. The molecule has 6 rings (SSSR count). The summed E-state index contributed by atoms with van der Waals surface area (Å²) in [4.78, 5) is 4.56. The Hall–Kier alpha value is -2.51. The summed E-state index contributed by atoms with van der Waals surface area (Å²) in [5, 5.41) is 9.88. The van der Waals surface area contributed by atoms with Crippen molar-refractivity contribution in [2.45, 2.75) is 44.9 Å². The summed E-state index contributed by atoms with van der Waals surface area (Å²) in [6.45, 7) is 5.21. The van der Waals surface area contributed by atoms with Crippen LogP contribution in [-0.2, 0) is 22.5 Å². The van der Waals surface area contributed by atoms with Crippen molar-refractivity contribution in [2.75, 3.05) is 19.8 Å². The minimum Gasteiger partial charge on any atom is -0.484 e. The lowest BCUT2D eigenvalue weighted by Gasteiger charge is -2.52. The van der Waals surface area contributed by atoms with Gasteiger partial charge in [0.25, 0.3) is 0 Å². The number of nitrogens with zero attached hydrogens (tertiary/aromatic N) is 4. The van der Waals surface area contributed by atoms with E-state index in [1.54, 1.807) is 0 Å². The second kappa shape index (κ2) is 6.50. The maximum Gasteiger partial charge on any atom is 0.141 e. The number of aromatic nitrogens is 4. The summed E-state index contributed by atoms with van der Waals surface area (Å²) in [6, 6.07) is 6.54. The highest BCUT2D eigenvalue weighted by molar-refractivity contribution is 5.84. The van der Waals surface area contributed by atoms with Crippen molar-refractivity contribution in [1.82, 2.24) is 20.0 Å². The van der Waals surface area contributed by atoms with Gasteiger partial charge in [-0.3, -0.25) is 4.98 Å². The van der Waals surface area contributed by atoms with Gasteiger partial charge in [0.05, 0.1) is 44.2 Å². The van der Waals surface area contributed by atoms with Crippen LogP contribution in [0.3, 0.4) is 0 Å². The monoisotopic (exact) mass is 392 g/mol. The molecule has 1 aliphatic carbocycles. The van der Waals surface area contributed by atoms with E-state index in [9.17, 15) is 0 Å². The summed E-state index contributed by atoms with van der Waals surface area (Å²) in [7, 11) is 0. The molecule has 150 valence electrons. The van der Waals surface area contributed by atoms with Gasteiger partial charge in [0.2, 0.25) is 0 Å². The predicted molar refractivity (Wildman–Crippen MR) is 106 cm³/mol. The standard InChI is InChI=1S/C22H24N4O3/c1-14(21-10-26(25-24-21)16-7-22(8-16)12-28-13-22)29-17-2-3-20-19(6-17)18-4-5-27-11-15(18)9-23-20/h2-3,6,9-10,14,16H,4-5,7-8,11-13H2,1H3/t14-/m0/s1. The number of rotatable bonds is 4. The van der Waals surface area contributed by atoms with E-state index in [-0.39, 0.29) is 6.10 Å². The third kappa shape index (κ3) is 2.91. The number of hydrogen-bond donors (Lipinski definition) is 0. The lowest BCUT2D eigenvalue weighted by molar-refractivity contribution is -0.176. The molecule has 0 unspecified atom stereocenters. The van der Waals surface area contributed by atoms with Crippen molar-refractivity contribution < 1.29 is 14.2 Å². The first-order chi connectivity index (χ1) is 14.2. The zero-order chi connectivity index (χ0) is 19.4. The van der Waals surface area contributed by atoms with E-state index < -0.39 is 0 Å². The van der Waals surface area contributed by atoms with E-state index >= 15 is 0 Å². The van der Waals surface area contributed by atoms with Crippen molar-refractivity contribution >= 4 is 10.9 Å². The maximum absolute atomic E-state index is 6.22. The second-order valence-electron chi connectivity index (χ2n) is 8.68. The molecule has 1 saturated heterocycles. The lowest BCUT2D eigenvalue weighted by Crippen LogP contribution is -2.52. The molecule has 2 aliphatic heterocycles. The highest BCUT2D eigenvalue weighted by atomic mass is 16.5. The van der Waals surface area contributed by atoms with Gasteiger partial charge in [-0.05, 0) is 55.5 Å². The summed E-state index contributed by atoms with van der Waals surface area (Å²) in [5.41, 5.74) is 4.77. The van der Waals surface area contributed by atoms with Gasteiger partial charge in [-0.2, -0.15) is 0 Å². The topological polar surface area (TPSA) is 71.3 Å². The van der Waals surface area contributed by atoms with Crippen LogP contribution in [0.4, 0.5) is 0 Å². The molecule has 3 aliphatic rings. The number of benzene rings is 1. The quantitative estimate of drug-likeness (QED) is 0.678. The molecule has 4 heterocycles. The average Bonchev–Trinajstić information content (AvgIpc) is 3.16. The molecule has 7 nitrogen and oxygen atoms in total. The number of fused-ring (bicyclic) bond motifs is 3. The Labute approximate surface area is 169 Å². The van der Waals surface area contributed by atoms with E-state index in [1.165, 1.54) is 11.1 Å². The fourth-order valence-electron chi connectivity index (χ4n) is 4.79. The summed E-state index contributed by atoms with van der Waals surface area (Å²) >= 11 is 0. The van der Waals surface area contributed by atoms with Crippen LogP contribution in [-0.4, -0.2) is 39.8 Å². The Balaban J connectivity index is 1.20. The Morgan fingerprint density at radius 2 is 2.14 bits per heavy atom. The first kappa shape index (κ1) is 17.4. The van der Waals surface area contributed by atoms with Crippen LogP contribution in [0.2, 0.25) is 0 Å². The molecule has 2 fully saturated rings. The highest BCUT2D eigenvalue weighted by Gasteiger charge is 2.50. The smallest absolute Gasteiger partial charge is 0.141 e. The van der Waals surface area contributed by atoms with Crippen LogP contribution in [0, 0.1) is 5.41 Å². The zero-order valence-electron chi connectivity index (χ0n) is 16.5. The molecule has 1 spiro atoms. The highest BCUT2D eigenvalue weighted by Crippen LogP contribution is 2.52. The van der Waals surface area contributed by atoms with Gasteiger partial charge in [0, 0.05) is 17.0 Å². The fourth-order valence-corrected chi connectivity index (χ4v) is 4.79.